The second-order valence-corrected chi connectivity index (χ2v) is 7.50. The van der Waals surface area contributed by atoms with Gasteiger partial charge in [0.2, 0.25) is 0 Å². The topological polar surface area (TPSA) is 47.6 Å². The number of carbonyl (C=O) groups is 1. The molecule has 0 saturated heterocycles. The van der Waals surface area contributed by atoms with E-state index in [1.807, 2.05) is 54.6 Å². The molecule has 162 valence electrons. The van der Waals surface area contributed by atoms with Crippen LogP contribution in [0.5, 0.6) is 11.5 Å². The van der Waals surface area contributed by atoms with Crippen LogP contribution in [0.15, 0.2) is 78.9 Å². The van der Waals surface area contributed by atoms with E-state index in [2.05, 4.69) is 24.4 Å². The lowest BCUT2D eigenvalue weighted by Gasteiger charge is -2.10. The van der Waals surface area contributed by atoms with Gasteiger partial charge in [0.25, 0.3) is 5.91 Å². The molecule has 31 heavy (non-hydrogen) atoms. The molecule has 0 spiro atoms. The molecule has 4 heteroatoms. The van der Waals surface area contributed by atoms with Gasteiger partial charge >= 0.3 is 0 Å². The first-order chi connectivity index (χ1) is 15.2. The fourth-order valence-corrected chi connectivity index (χ4v) is 3.22. The molecule has 0 fully saturated rings. The lowest BCUT2D eigenvalue weighted by Crippen LogP contribution is -2.12. The quantitative estimate of drug-likeness (QED) is 0.341. The number of ether oxygens (including phenoxy) is 2. The van der Waals surface area contributed by atoms with Gasteiger partial charge in [0.1, 0.15) is 11.5 Å². The van der Waals surface area contributed by atoms with Crippen LogP contribution in [0.25, 0.3) is 0 Å². The molecule has 3 rings (SSSR count). The third-order valence-electron chi connectivity index (χ3n) is 4.98. The minimum atomic E-state index is -0.165. The summed E-state index contributed by atoms with van der Waals surface area (Å²) in [7, 11) is 0. The fraction of sp³-hybridized carbons (Fsp3) is 0.296. The summed E-state index contributed by atoms with van der Waals surface area (Å²) in [5, 5.41) is 2.93. The van der Waals surface area contributed by atoms with E-state index in [1.165, 1.54) is 24.8 Å². The first-order valence-electron chi connectivity index (χ1n) is 11.1. The minimum Gasteiger partial charge on any atom is -0.494 e. The Bertz CT molecular complexity index is 923. The standard InChI is InChI=1S/C27H31NO3/c1-2-3-4-8-19-30-25-16-14-24(15-17-25)28-27(29)23-12-9-13-26(21-23)31-20-18-22-10-6-5-7-11-22/h5-7,9-17,21H,2-4,8,18-20H2,1H3,(H,28,29). The predicted octanol–water partition coefficient (Wildman–Crippen LogP) is 6.52. The number of carbonyl (C=O) groups excluding carboxylic acids is 1. The average molecular weight is 418 g/mol. The molecular formula is C27H31NO3. The average Bonchev–Trinajstić information content (AvgIpc) is 2.81. The van der Waals surface area contributed by atoms with Crippen LogP contribution in [-0.2, 0) is 6.42 Å². The SMILES string of the molecule is CCCCCCOc1ccc(NC(=O)c2cccc(OCCc3ccccc3)c2)cc1. The molecule has 0 aliphatic heterocycles. The van der Waals surface area contributed by atoms with Crippen LogP contribution in [0.4, 0.5) is 5.69 Å². The monoisotopic (exact) mass is 417 g/mol. The first kappa shape index (κ1) is 22.4. The summed E-state index contributed by atoms with van der Waals surface area (Å²) in [6.45, 7) is 3.49. The Morgan fingerprint density at radius 1 is 0.774 bits per heavy atom. The molecule has 3 aromatic rings. The van der Waals surface area contributed by atoms with Gasteiger partial charge in [0, 0.05) is 17.7 Å². The number of hydrogen-bond donors (Lipinski definition) is 1. The van der Waals surface area contributed by atoms with Crippen molar-refractivity contribution in [2.75, 3.05) is 18.5 Å². The maximum atomic E-state index is 12.6. The van der Waals surface area contributed by atoms with Gasteiger partial charge < -0.3 is 14.8 Å². The van der Waals surface area contributed by atoms with Crippen molar-refractivity contribution in [2.45, 2.75) is 39.0 Å². The molecule has 0 aliphatic rings. The van der Waals surface area contributed by atoms with Crippen LogP contribution in [0.2, 0.25) is 0 Å². The Morgan fingerprint density at radius 2 is 1.55 bits per heavy atom. The van der Waals surface area contributed by atoms with Crippen molar-refractivity contribution in [3.8, 4) is 11.5 Å². The van der Waals surface area contributed by atoms with E-state index in [-0.39, 0.29) is 5.91 Å². The van der Waals surface area contributed by atoms with Gasteiger partial charge in [-0.15, -0.1) is 0 Å². The highest BCUT2D eigenvalue weighted by molar-refractivity contribution is 6.04. The third kappa shape index (κ3) is 7.82. The zero-order valence-electron chi connectivity index (χ0n) is 18.2. The molecule has 0 aliphatic carbocycles. The summed E-state index contributed by atoms with van der Waals surface area (Å²) in [5.74, 6) is 1.35. The number of unbranched alkanes of at least 4 members (excludes halogenated alkanes) is 3. The van der Waals surface area contributed by atoms with Crippen LogP contribution in [0, 0.1) is 0 Å². The van der Waals surface area contributed by atoms with Crippen molar-refractivity contribution in [1.29, 1.82) is 0 Å². The molecule has 0 aromatic heterocycles. The molecule has 0 heterocycles. The van der Waals surface area contributed by atoms with Crippen molar-refractivity contribution in [1.82, 2.24) is 0 Å². The van der Waals surface area contributed by atoms with E-state index >= 15 is 0 Å². The maximum Gasteiger partial charge on any atom is 0.255 e. The highest BCUT2D eigenvalue weighted by Gasteiger charge is 2.08. The Morgan fingerprint density at radius 3 is 2.32 bits per heavy atom. The summed E-state index contributed by atoms with van der Waals surface area (Å²) in [6, 6.07) is 25.0. The van der Waals surface area contributed by atoms with Gasteiger partial charge in [0.15, 0.2) is 0 Å². The zero-order valence-corrected chi connectivity index (χ0v) is 18.2. The van der Waals surface area contributed by atoms with Gasteiger partial charge in [-0.2, -0.15) is 0 Å². The molecular weight excluding hydrogens is 386 g/mol. The minimum absolute atomic E-state index is 0.165. The van der Waals surface area contributed by atoms with Crippen molar-refractivity contribution in [3.05, 3.63) is 90.0 Å². The second kappa shape index (κ2) is 12.4. The molecule has 1 amide bonds. The van der Waals surface area contributed by atoms with E-state index in [1.54, 1.807) is 12.1 Å². The van der Waals surface area contributed by atoms with Crippen LogP contribution < -0.4 is 14.8 Å². The summed E-state index contributed by atoms with van der Waals surface area (Å²) >= 11 is 0. The highest BCUT2D eigenvalue weighted by Crippen LogP contribution is 2.19. The van der Waals surface area contributed by atoms with E-state index in [4.69, 9.17) is 9.47 Å². The number of benzene rings is 3. The van der Waals surface area contributed by atoms with E-state index < -0.39 is 0 Å². The van der Waals surface area contributed by atoms with Crippen molar-refractivity contribution >= 4 is 11.6 Å². The highest BCUT2D eigenvalue weighted by atomic mass is 16.5. The number of hydrogen-bond acceptors (Lipinski definition) is 3. The summed E-state index contributed by atoms with van der Waals surface area (Å²) < 4.78 is 11.6. The van der Waals surface area contributed by atoms with Gasteiger partial charge in [-0.3, -0.25) is 4.79 Å². The number of amides is 1. The van der Waals surface area contributed by atoms with Gasteiger partial charge in [0.05, 0.1) is 13.2 Å². The van der Waals surface area contributed by atoms with Crippen molar-refractivity contribution in [2.24, 2.45) is 0 Å². The number of anilines is 1. The molecule has 0 saturated carbocycles. The predicted molar refractivity (Wildman–Crippen MR) is 126 cm³/mol. The normalized spacial score (nSPS) is 10.5. The summed E-state index contributed by atoms with van der Waals surface area (Å²) in [5.41, 5.74) is 2.52. The van der Waals surface area contributed by atoms with Gasteiger partial charge in [-0.1, -0.05) is 62.6 Å². The zero-order chi connectivity index (χ0) is 21.7. The number of nitrogens with one attached hydrogen (secondary N) is 1. The molecule has 0 atom stereocenters. The smallest absolute Gasteiger partial charge is 0.255 e. The molecule has 3 aromatic carbocycles. The molecule has 4 nitrogen and oxygen atoms in total. The molecule has 1 N–H and O–H groups in total. The number of rotatable bonds is 12. The lowest BCUT2D eigenvalue weighted by molar-refractivity contribution is 0.102. The van der Waals surface area contributed by atoms with E-state index in [9.17, 15) is 4.79 Å². The fourth-order valence-electron chi connectivity index (χ4n) is 3.22. The molecule has 0 bridgehead atoms. The Labute approximate surface area is 185 Å². The van der Waals surface area contributed by atoms with Crippen LogP contribution in [0.3, 0.4) is 0 Å². The van der Waals surface area contributed by atoms with Gasteiger partial charge in [-0.05, 0) is 54.4 Å². The second-order valence-electron chi connectivity index (χ2n) is 7.50. The van der Waals surface area contributed by atoms with Crippen LogP contribution in [-0.4, -0.2) is 19.1 Å². The third-order valence-corrected chi connectivity index (χ3v) is 4.98. The Kier molecular flexibility index (Phi) is 8.99. The lowest BCUT2D eigenvalue weighted by atomic mass is 10.1. The summed E-state index contributed by atoms with van der Waals surface area (Å²) in [6.07, 6.45) is 5.55. The summed E-state index contributed by atoms with van der Waals surface area (Å²) in [4.78, 5) is 12.6. The molecule has 0 radical (unpaired) electrons. The van der Waals surface area contributed by atoms with E-state index in [0.29, 0.717) is 17.9 Å². The van der Waals surface area contributed by atoms with Gasteiger partial charge in [-0.25, -0.2) is 0 Å². The maximum absolute atomic E-state index is 12.6. The molecule has 0 unspecified atom stereocenters. The van der Waals surface area contributed by atoms with E-state index in [0.717, 1.165) is 30.9 Å². The Balaban J connectivity index is 1.47. The Hall–Kier alpha value is -3.27. The van der Waals surface area contributed by atoms with Crippen LogP contribution >= 0.6 is 0 Å². The largest absolute Gasteiger partial charge is 0.494 e. The van der Waals surface area contributed by atoms with Crippen molar-refractivity contribution in [3.63, 3.8) is 0 Å². The van der Waals surface area contributed by atoms with Crippen molar-refractivity contribution < 1.29 is 14.3 Å². The first-order valence-corrected chi connectivity index (χ1v) is 11.1. The van der Waals surface area contributed by atoms with Crippen LogP contribution in [0.1, 0.15) is 48.5 Å².